The number of nitrogens with zero attached hydrogens (tertiary/aromatic N) is 1. The van der Waals surface area contributed by atoms with E-state index in [0.29, 0.717) is 17.9 Å². The van der Waals surface area contributed by atoms with Gasteiger partial charge in [-0.05, 0) is 136 Å². The van der Waals surface area contributed by atoms with Crippen LogP contribution in [-0.4, -0.2) is 129 Å². The number of aliphatic hydroxyl groups is 6. The van der Waals surface area contributed by atoms with Gasteiger partial charge in [-0.3, -0.25) is 14.4 Å². The molecule has 3 amide bonds. The number of halogens is 6. The first-order valence-corrected chi connectivity index (χ1v) is 19.6. The summed E-state index contributed by atoms with van der Waals surface area (Å²) in [6.45, 7) is -1.84. The molecule has 0 heterocycles. The van der Waals surface area contributed by atoms with Crippen LogP contribution >= 0.6 is 136 Å². The summed E-state index contributed by atoms with van der Waals surface area (Å²) in [6, 6.07) is 0. The minimum Gasteiger partial charge on any atom is -0.478 e. The van der Waals surface area contributed by atoms with Gasteiger partial charge in [-0.2, -0.15) is 0 Å². The van der Waals surface area contributed by atoms with Gasteiger partial charge in [0.05, 0.1) is 86.0 Å². The SMILES string of the molecule is CN(CC(O)CO)C(=O)c1c(I)c(N)c(I)c(C(=O)NCC(O)CO)c1I.Nc1c(I)c(C(=O)O)c(I)c(C(=O)NCC(O)CO)c1I. The second-order valence-electron chi connectivity index (χ2n) is 9.63. The van der Waals surface area contributed by atoms with Crippen LogP contribution in [0.3, 0.4) is 0 Å². The normalized spacial score (nSPS) is 12.7. The summed E-state index contributed by atoms with van der Waals surface area (Å²) in [5.41, 5.74) is 13.0. The summed E-state index contributed by atoms with van der Waals surface area (Å²) >= 11 is 11.2. The summed E-state index contributed by atoms with van der Waals surface area (Å²) in [4.78, 5) is 50.2. The van der Waals surface area contributed by atoms with E-state index in [1.165, 1.54) is 11.9 Å². The number of aromatic carboxylic acids is 1. The summed E-state index contributed by atoms with van der Waals surface area (Å²) in [7, 11) is 1.47. The summed E-state index contributed by atoms with van der Waals surface area (Å²) in [5.74, 6) is -2.71. The Bertz CT molecular complexity index is 1540. The molecule has 3 atom stereocenters. The highest BCUT2D eigenvalue weighted by Gasteiger charge is 2.29. The minimum atomic E-state index is -1.17. The fourth-order valence-corrected chi connectivity index (χ4v) is 11.8. The number of amides is 3. The van der Waals surface area contributed by atoms with Crippen molar-refractivity contribution in [3.63, 3.8) is 0 Å². The van der Waals surface area contributed by atoms with Gasteiger partial charge in [0.2, 0.25) is 0 Å². The predicted molar refractivity (Wildman–Crippen MR) is 226 cm³/mol. The summed E-state index contributed by atoms with van der Waals surface area (Å²) in [5, 5.41) is 69.0. The zero-order valence-electron chi connectivity index (χ0n) is 24.6. The summed E-state index contributed by atoms with van der Waals surface area (Å²) < 4.78 is 2.42. The number of anilines is 2. The van der Waals surface area contributed by atoms with E-state index < -0.39 is 61.8 Å². The molecule has 13 N–H and O–H groups in total. The average Bonchev–Trinajstić information content (AvgIpc) is 3.03. The van der Waals surface area contributed by atoms with E-state index >= 15 is 0 Å². The molecule has 0 aromatic heterocycles. The Balaban J connectivity index is 0.000000495. The number of carbonyl (C=O) groups excluding carboxylic acids is 3. The van der Waals surface area contributed by atoms with Gasteiger partial charge in [-0.25, -0.2) is 4.79 Å². The van der Waals surface area contributed by atoms with Crippen LogP contribution in [-0.2, 0) is 0 Å². The number of rotatable bonds is 13. The molecule has 2 aromatic carbocycles. The second kappa shape index (κ2) is 21.6. The van der Waals surface area contributed by atoms with Crippen molar-refractivity contribution in [2.75, 3.05) is 58.0 Å². The molecule has 0 bridgehead atoms. The topological polar surface area (TPSA) is 289 Å². The molecular formula is C26H31I6N5O11. The number of aliphatic hydroxyl groups excluding tert-OH is 6. The Labute approximate surface area is 356 Å². The monoisotopic (exact) mass is 1350 g/mol. The second-order valence-corrected chi connectivity index (χ2v) is 16.1. The maximum atomic E-state index is 12.8. The van der Waals surface area contributed by atoms with Crippen LogP contribution in [0.2, 0.25) is 0 Å². The lowest BCUT2D eigenvalue weighted by Gasteiger charge is -2.23. The highest BCUT2D eigenvalue weighted by Crippen LogP contribution is 2.35. The van der Waals surface area contributed by atoms with Gasteiger partial charge in [0.1, 0.15) is 0 Å². The predicted octanol–water partition coefficient (Wildman–Crippen LogP) is 0.455. The third-order valence-electron chi connectivity index (χ3n) is 6.04. The quantitative estimate of drug-likeness (QED) is 0.0962. The fourth-order valence-electron chi connectivity index (χ4n) is 3.52. The fraction of sp³-hybridized carbons (Fsp3) is 0.385. The number of likely N-dealkylation sites (N-methyl/N-ethyl adjacent to an activating group) is 1. The Morgan fingerprint density at radius 2 is 0.958 bits per heavy atom. The van der Waals surface area contributed by atoms with Crippen molar-refractivity contribution in [3.8, 4) is 0 Å². The number of benzene rings is 2. The maximum absolute atomic E-state index is 12.8. The average molecular weight is 1350 g/mol. The molecule has 2 aromatic rings. The van der Waals surface area contributed by atoms with Crippen molar-refractivity contribution in [1.82, 2.24) is 15.5 Å². The van der Waals surface area contributed by atoms with Gasteiger partial charge in [0, 0.05) is 33.8 Å². The molecular weight excluding hydrogens is 1320 g/mol. The zero-order chi connectivity index (χ0) is 37.2. The molecule has 0 saturated heterocycles. The van der Waals surface area contributed by atoms with Crippen molar-refractivity contribution in [2.45, 2.75) is 18.3 Å². The first kappa shape index (κ1) is 46.1. The number of carboxylic acid groups (broad SMARTS) is 1. The Kier molecular flexibility index (Phi) is 20.7. The third kappa shape index (κ3) is 12.1. The molecule has 0 aliphatic rings. The Hall–Kier alpha value is 0.0600. The van der Waals surface area contributed by atoms with E-state index in [-0.39, 0.29) is 56.8 Å². The number of nitrogen functional groups attached to an aromatic ring is 2. The lowest BCUT2D eigenvalue weighted by Crippen LogP contribution is -2.38. The molecule has 0 fully saturated rings. The molecule has 2 rings (SSSR count). The van der Waals surface area contributed by atoms with Crippen LogP contribution < -0.4 is 22.1 Å². The van der Waals surface area contributed by atoms with E-state index in [0.717, 1.165) is 0 Å². The van der Waals surface area contributed by atoms with E-state index in [1.807, 2.05) is 113 Å². The highest BCUT2D eigenvalue weighted by molar-refractivity contribution is 14.1. The Morgan fingerprint density at radius 1 is 0.625 bits per heavy atom. The zero-order valence-corrected chi connectivity index (χ0v) is 37.6. The van der Waals surface area contributed by atoms with Crippen molar-refractivity contribution >= 4 is 171 Å². The van der Waals surface area contributed by atoms with E-state index in [2.05, 4.69) is 10.6 Å². The molecule has 48 heavy (non-hydrogen) atoms. The van der Waals surface area contributed by atoms with Crippen LogP contribution in [0.25, 0.3) is 0 Å². The largest absolute Gasteiger partial charge is 0.478 e. The van der Waals surface area contributed by atoms with Crippen molar-refractivity contribution in [3.05, 3.63) is 43.7 Å². The first-order chi connectivity index (χ1) is 22.3. The summed E-state index contributed by atoms with van der Waals surface area (Å²) in [6.07, 6.45) is -3.26. The van der Waals surface area contributed by atoms with Crippen molar-refractivity contribution in [1.29, 1.82) is 0 Å². The van der Waals surface area contributed by atoms with Gasteiger partial charge >= 0.3 is 5.97 Å². The minimum absolute atomic E-state index is 0.0260. The number of carboxylic acids is 1. The van der Waals surface area contributed by atoms with E-state index in [9.17, 15) is 39.6 Å². The lowest BCUT2D eigenvalue weighted by molar-refractivity contribution is 0.0518. The van der Waals surface area contributed by atoms with E-state index in [4.69, 9.17) is 26.8 Å². The number of carbonyl (C=O) groups is 4. The van der Waals surface area contributed by atoms with Crippen molar-refractivity contribution < 1.29 is 54.9 Å². The highest BCUT2D eigenvalue weighted by atomic mass is 127. The van der Waals surface area contributed by atoms with Crippen LogP contribution in [0, 0.1) is 21.4 Å². The Morgan fingerprint density at radius 3 is 1.31 bits per heavy atom. The maximum Gasteiger partial charge on any atom is 0.337 e. The molecule has 0 radical (unpaired) electrons. The lowest BCUT2D eigenvalue weighted by atomic mass is 10.1. The van der Waals surface area contributed by atoms with Gasteiger partial charge in [-0.1, -0.05) is 0 Å². The molecule has 16 nitrogen and oxygen atoms in total. The number of hydrogen-bond acceptors (Lipinski definition) is 12. The number of nitrogens with one attached hydrogen (secondary N) is 2. The first-order valence-electron chi connectivity index (χ1n) is 13.1. The number of hydrogen-bond donors (Lipinski definition) is 11. The van der Waals surface area contributed by atoms with Gasteiger partial charge in [0.15, 0.2) is 0 Å². The molecule has 0 aliphatic carbocycles. The van der Waals surface area contributed by atoms with Crippen molar-refractivity contribution in [2.24, 2.45) is 0 Å². The van der Waals surface area contributed by atoms with Crippen LogP contribution in [0.4, 0.5) is 11.4 Å². The number of nitrogens with two attached hydrogens (primary N) is 2. The van der Waals surface area contributed by atoms with E-state index in [1.54, 1.807) is 22.6 Å². The molecule has 0 aliphatic heterocycles. The van der Waals surface area contributed by atoms with Crippen LogP contribution in [0.1, 0.15) is 41.4 Å². The van der Waals surface area contributed by atoms with Gasteiger partial charge in [0.25, 0.3) is 17.7 Å². The van der Waals surface area contributed by atoms with Gasteiger partial charge in [-0.15, -0.1) is 0 Å². The molecule has 0 saturated carbocycles. The standard InChI is InChI=1S/C15H20I3N3O6.C11H11I3N2O5/c1-21(3-7(25)5-23)15(27)9-10(16)8(11(17)13(19)12(9)18)14(26)20-2-6(24)4-22;12-6-4(10(19)16-1-3(18)2-17)7(13)9(15)8(14)5(6)11(20)21/h6-7,22-25H,2-5,19H2,1H3,(H,20,26);3,17-18H,1-2,15H2,(H,16,19)(H,20,21). The van der Waals surface area contributed by atoms with Crippen LogP contribution in [0.15, 0.2) is 0 Å². The van der Waals surface area contributed by atoms with Crippen LogP contribution in [0.5, 0.6) is 0 Å². The smallest absolute Gasteiger partial charge is 0.337 e. The third-order valence-corrected chi connectivity index (χ3v) is 12.7. The molecule has 268 valence electrons. The molecule has 3 unspecified atom stereocenters. The molecule has 22 heteroatoms. The van der Waals surface area contributed by atoms with Gasteiger partial charge < -0.3 is 62.7 Å². The molecule has 0 spiro atoms.